The van der Waals surface area contributed by atoms with Gasteiger partial charge in [-0.05, 0) is 58.1 Å². The van der Waals surface area contributed by atoms with Crippen molar-refractivity contribution in [2.75, 3.05) is 6.54 Å². The second-order valence-electron chi connectivity index (χ2n) is 6.96. The van der Waals surface area contributed by atoms with E-state index in [2.05, 4.69) is 10.3 Å². The van der Waals surface area contributed by atoms with E-state index < -0.39 is 26.1 Å². The molecule has 0 unspecified atom stereocenters. The number of H-pyrrole nitrogens is 1. The molecule has 0 radical (unpaired) electrons. The van der Waals surface area contributed by atoms with E-state index in [-0.39, 0.29) is 12.1 Å². The smallest absolute Gasteiger partial charge is 0.261 e. The summed E-state index contributed by atoms with van der Waals surface area (Å²) in [5.41, 5.74) is 1.60. The molecule has 1 aliphatic rings. The fourth-order valence-corrected chi connectivity index (χ4v) is 3.23. The Hall–Kier alpha value is -1.89. The largest absolute Gasteiger partial charge is 0.348 e. The summed E-state index contributed by atoms with van der Waals surface area (Å²) in [5.74, 6) is -0.498. The van der Waals surface area contributed by atoms with Crippen LogP contribution in [0.5, 0.6) is 0 Å². The summed E-state index contributed by atoms with van der Waals surface area (Å²) in [5, 5.41) is 3.66. The maximum Gasteiger partial charge on any atom is 0.261 e. The zero-order valence-electron chi connectivity index (χ0n) is 14.3. The molecule has 1 aliphatic carbocycles. The van der Waals surface area contributed by atoms with E-state index in [4.69, 9.17) is 0 Å². The van der Waals surface area contributed by atoms with E-state index in [9.17, 15) is 18.0 Å². The maximum absolute atomic E-state index is 12.2. The van der Waals surface area contributed by atoms with Crippen LogP contribution in [0, 0.1) is 0 Å². The molecular formula is C17H24N2O4S. The van der Waals surface area contributed by atoms with Gasteiger partial charge in [-0.15, -0.1) is 0 Å². The van der Waals surface area contributed by atoms with E-state index in [0.29, 0.717) is 0 Å². The molecule has 0 bridgehead atoms. The second-order valence-corrected chi connectivity index (χ2v) is 9.55. The third-order valence-electron chi connectivity index (χ3n) is 4.09. The lowest BCUT2D eigenvalue weighted by molar-refractivity contribution is 0.0956. The number of hydrogen-bond acceptors (Lipinski definition) is 4. The Morgan fingerprint density at radius 2 is 1.96 bits per heavy atom. The molecule has 0 aromatic carbocycles. The van der Waals surface area contributed by atoms with Gasteiger partial charge in [-0.2, -0.15) is 0 Å². The van der Waals surface area contributed by atoms with Crippen LogP contribution < -0.4 is 10.9 Å². The lowest BCUT2D eigenvalue weighted by Gasteiger charge is -2.16. The Balaban J connectivity index is 2.05. The lowest BCUT2D eigenvalue weighted by Crippen LogP contribution is -2.31. The first kappa shape index (κ1) is 18.4. The molecule has 7 heteroatoms. The fraction of sp³-hybridized carbons (Fsp3) is 0.529. The molecule has 0 fully saturated rings. The average molecular weight is 352 g/mol. The zero-order chi connectivity index (χ0) is 18.0. The van der Waals surface area contributed by atoms with Crippen LogP contribution in [-0.2, 0) is 22.7 Å². The minimum atomic E-state index is -3.38. The van der Waals surface area contributed by atoms with Gasteiger partial charge >= 0.3 is 0 Å². The quantitative estimate of drug-likeness (QED) is 0.862. The van der Waals surface area contributed by atoms with Crippen LogP contribution >= 0.6 is 0 Å². The van der Waals surface area contributed by atoms with Crippen molar-refractivity contribution in [2.24, 2.45) is 0 Å². The molecule has 0 saturated heterocycles. The van der Waals surface area contributed by atoms with Crippen LogP contribution in [0.4, 0.5) is 0 Å². The predicted molar refractivity (Wildman–Crippen MR) is 93.9 cm³/mol. The van der Waals surface area contributed by atoms with E-state index in [0.717, 1.165) is 42.3 Å². The van der Waals surface area contributed by atoms with Gasteiger partial charge < -0.3 is 10.3 Å². The number of amides is 1. The molecule has 24 heavy (non-hydrogen) atoms. The van der Waals surface area contributed by atoms with E-state index in [1.54, 1.807) is 26.8 Å². The number of sulfone groups is 1. The maximum atomic E-state index is 12.2. The monoisotopic (exact) mass is 352 g/mol. The highest BCUT2D eigenvalue weighted by atomic mass is 32.2. The van der Waals surface area contributed by atoms with Crippen molar-refractivity contribution in [1.29, 1.82) is 0 Å². The van der Waals surface area contributed by atoms with Crippen molar-refractivity contribution < 1.29 is 13.2 Å². The van der Waals surface area contributed by atoms with Gasteiger partial charge in [-0.25, -0.2) is 8.42 Å². The Morgan fingerprint density at radius 3 is 2.62 bits per heavy atom. The zero-order valence-corrected chi connectivity index (χ0v) is 15.1. The molecule has 0 spiro atoms. The average Bonchev–Trinajstić information content (AvgIpc) is 2.49. The van der Waals surface area contributed by atoms with Gasteiger partial charge in [0.15, 0.2) is 9.84 Å². The van der Waals surface area contributed by atoms with Crippen molar-refractivity contribution in [3.05, 3.63) is 44.7 Å². The molecule has 1 aromatic heterocycles. The number of rotatable bonds is 4. The minimum absolute atomic E-state index is 0.0463. The number of aromatic nitrogens is 1. The summed E-state index contributed by atoms with van der Waals surface area (Å²) in [6.07, 6.45) is 5.16. The first-order chi connectivity index (χ1) is 11.1. The second kappa shape index (κ2) is 6.93. The molecule has 132 valence electrons. The van der Waals surface area contributed by atoms with Crippen molar-refractivity contribution in [2.45, 2.75) is 51.2 Å². The van der Waals surface area contributed by atoms with Gasteiger partial charge in [-0.3, -0.25) is 9.59 Å². The molecule has 1 heterocycles. The van der Waals surface area contributed by atoms with Crippen LogP contribution in [0.1, 0.15) is 55.2 Å². The molecule has 1 amide bonds. The standard InChI is InChI=1S/C17H24N2O4S/c1-17(2,3)24(22,23)10-6-9-18-15(20)13-11-12-7-4-5-8-14(12)19-16(13)21/h6,10-11H,4-5,7-9H2,1-3H3,(H,18,20)(H,19,21)/b10-6+. The Bertz CT molecular complexity index is 814. The molecule has 2 N–H and O–H groups in total. The third kappa shape index (κ3) is 4.14. The Labute approximate surface area is 142 Å². The van der Waals surface area contributed by atoms with Gasteiger partial charge in [0.2, 0.25) is 0 Å². The minimum Gasteiger partial charge on any atom is -0.348 e. The molecular weight excluding hydrogens is 328 g/mol. The fourth-order valence-electron chi connectivity index (χ4n) is 2.47. The molecule has 0 aliphatic heterocycles. The summed E-state index contributed by atoms with van der Waals surface area (Å²) in [6.45, 7) is 4.87. The number of carbonyl (C=O) groups is 1. The molecule has 2 rings (SSSR count). The molecule has 0 atom stereocenters. The number of carbonyl (C=O) groups excluding carboxylic acids is 1. The van der Waals surface area contributed by atoms with E-state index >= 15 is 0 Å². The summed E-state index contributed by atoms with van der Waals surface area (Å²) >= 11 is 0. The van der Waals surface area contributed by atoms with Gasteiger partial charge in [-0.1, -0.05) is 6.08 Å². The van der Waals surface area contributed by atoms with Gasteiger partial charge in [0.05, 0.1) is 4.75 Å². The summed E-state index contributed by atoms with van der Waals surface area (Å²) in [4.78, 5) is 27.0. The predicted octanol–water partition coefficient (Wildman–Crippen LogP) is 1.71. The summed E-state index contributed by atoms with van der Waals surface area (Å²) < 4.78 is 23.0. The van der Waals surface area contributed by atoms with Gasteiger partial charge in [0, 0.05) is 17.6 Å². The first-order valence-electron chi connectivity index (χ1n) is 8.06. The Kier molecular flexibility index (Phi) is 5.32. The number of hydrogen-bond donors (Lipinski definition) is 2. The van der Waals surface area contributed by atoms with Crippen LogP contribution in [0.15, 0.2) is 22.3 Å². The highest BCUT2D eigenvalue weighted by Gasteiger charge is 2.25. The van der Waals surface area contributed by atoms with Crippen LogP contribution in [0.2, 0.25) is 0 Å². The summed E-state index contributed by atoms with van der Waals surface area (Å²) in [6, 6.07) is 1.65. The first-order valence-corrected chi connectivity index (χ1v) is 9.61. The van der Waals surface area contributed by atoms with Gasteiger partial charge in [0.1, 0.15) is 5.56 Å². The van der Waals surface area contributed by atoms with E-state index in [1.165, 1.54) is 6.08 Å². The van der Waals surface area contributed by atoms with Crippen LogP contribution in [0.25, 0.3) is 0 Å². The summed E-state index contributed by atoms with van der Waals surface area (Å²) in [7, 11) is -3.38. The topological polar surface area (TPSA) is 96.1 Å². The van der Waals surface area contributed by atoms with Crippen molar-refractivity contribution in [3.8, 4) is 0 Å². The third-order valence-corrected chi connectivity index (χ3v) is 6.35. The number of pyridine rings is 1. The van der Waals surface area contributed by atoms with Gasteiger partial charge in [0.25, 0.3) is 11.5 Å². The number of aryl methyl sites for hydroxylation is 2. The highest BCUT2D eigenvalue weighted by Crippen LogP contribution is 2.18. The van der Waals surface area contributed by atoms with Crippen LogP contribution in [-0.4, -0.2) is 30.6 Å². The normalized spacial score (nSPS) is 15.3. The molecule has 6 nitrogen and oxygen atoms in total. The Morgan fingerprint density at radius 1 is 1.29 bits per heavy atom. The number of fused-ring (bicyclic) bond motifs is 1. The number of aromatic amines is 1. The van der Waals surface area contributed by atoms with Crippen molar-refractivity contribution in [1.82, 2.24) is 10.3 Å². The van der Waals surface area contributed by atoms with E-state index in [1.807, 2.05) is 0 Å². The highest BCUT2D eigenvalue weighted by molar-refractivity contribution is 7.95. The van der Waals surface area contributed by atoms with Crippen LogP contribution in [0.3, 0.4) is 0 Å². The lowest BCUT2D eigenvalue weighted by atomic mass is 9.95. The van der Waals surface area contributed by atoms with Crippen molar-refractivity contribution in [3.63, 3.8) is 0 Å². The molecule has 1 aromatic rings. The number of nitrogens with one attached hydrogen (secondary N) is 2. The van der Waals surface area contributed by atoms with Crippen molar-refractivity contribution >= 4 is 15.7 Å². The SMILES string of the molecule is CC(C)(C)S(=O)(=O)/C=C/CNC(=O)c1cc2c([nH]c1=O)CCCC2. The molecule has 0 saturated carbocycles.